The maximum Gasteiger partial charge on any atom is 0.212 e. The van der Waals surface area contributed by atoms with Crippen molar-refractivity contribution in [3.63, 3.8) is 0 Å². The monoisotopic (exact) mass is 1640 g/mol. The van der Waals surface area contributed by atoms with Crippen LogP contribution in [0.2, 0.25) is 0 Å². The fourth-order valence-corrected chi connectivity index (χ4v) is 17.1. The highest BCUT2D eigenvalue weighted by molar-refractivity contribution is 5.81. The van der Waals surface area contributed by atoms with Crippen molar-refractivity contribution in [1.82, 2.24) is 0 Å². The maximum atomic E-state index is 8.29. The molecule has 0 saturated carbocycles. The minimum Gasteiger partial charge on any atom is -0.201 e. The van der Waals surface area contributed by atoms with Crippen molar-refractivity contribution in [2.24, 2.45) is 35.2 Å². The summed E-state index contributed by atoms with van der Waals surface area (Å²) in [6.07, 6.45) is 7.79. The number of rotatable bonds is 17. The summed E-state index contributed by atoms with van der Waals surface area (Å²) in [6.45, 7) is 29.6. The number of pyridine rings is 5. The molecule has 15 rings (SSSR count). The van der Waals surface area contributed by atoms with Crippen LogP contribution in [0.15, 0.2) is 274 Å². The van der Waals surface area contributed by atoms with Gasteiger partial charge in [0.25, 0.3) is 0 Å². The predicted octanol–water partition coefficient (Wildman–Crippen LogP) is 27.7. The summed E-state index contributed by atoms with van der Waals surface area (Å²) < 4.78 is 131. The number of hydrogen-bond donors (Lipinski definition) is 0. The molecule has 5 nitrogen and oxygen atoms in total. The molecule has 0 unspecified atom stereocenters. The van der Waals surface area contributed by atoms with Crippen LogP contribution in [0.5, 0.6) is 0 Å². The molecule has 0 saturated heterocycles. The summed E-state index contributed by atoms with van der Waals surface area (Å²) >= 11 is 0. The smallest absolute Gasteiger partial charge is 0.201 e. The highest BCUT2D eigenvalue weighted by Gasteiger charge is 2.25. The van der Waals surface area contributed by atoms with Gasteiger partial charge in [0, 0.05) is 107 Å². The predicted molar refractivity (Wildman–Crippen MR) is 524 cm³/mol. The van der Waals surface area contributed by atoms with Crippen LogP contribution >= 0.6 is 0 Å². The summed E-state index contributed by atoms with van der Waals surface area (Å²) in [6, 6.07) is 81.8. The molecule has 0 aliphatic carbocycles. The molecular weight excluding hydrogens is 1490 g/mol. The van der Waals surface area contributed by atoms with Crippen molar-refractivity contribution in [2.45, 2.75) is 189 Å². The Kier molecular flexibility index (Phi) is 24.6. The lowest BCUT2D eigenvalue weighted by Crippen LogP contribution is -2.32. The van der Waals surface area contributed by atoms with E-state index in [0.29, 0.717) is 39.6 Å². The van der Waals surface area contributed by atoms with E-state index >= 15 is 0 Å². The van der Waals surface area contributed by atoms with Crippen LogP contribution in [-0.2, 0) is 73.6 Å². The molecule has 0 bridgehead atoms. The van der Waals surface area contributed by atoms with Gasteiger partial charge in [-0.15, -0.1) is 0 Å². The molecule has 628 valence electrons. The molecule has 5 heteroatoms. The molecule has 0 atom stereocenters. The topological polar surface area (TPSA) is 19.4 Å². The van der Waals surface area contributed by atoms with Gasteiger partial charge >= 0.3 is 0 Å². The van der Waals surface area contributed by atoms with E-state index in [-0.39, 0.29) is 33.4 Å². The third-order valence-electron chi connectivity index (χ3n) is 23.9. The van der Waals surface area contributed by atoms with Crippen molar-refractivity contribution in [2.75, 3.05) is 0 Å². The highest BCUT2D eigenvalue weighted by atomic mass is 14.9. The molecule has 0 fully saturated rings. The molecule has 0 radical (unpaired) electrons. The molecule has 5 heterocycles. The van der Waals surface area contributed by atoms with Gasteiger partial charge in [0.1, 0.15) is 35.2 Å². The first-order valence-corrected chi connectivity index (χ1v) is 43.2. The fourth-order valence-electron chi connectivity index (χ4n) is 17.1. The number of hydrogen-bond acceptors (Lipinski definition) is 0. The number of aryl methyl sites for hydroxylation is 24. The zero-order valence-corrected chi connectivity index (χ0v) is 76.9. The van der Waals surface area contributed by atoms with Gasteiger partial charge in [-0.3, -0.25) is 0 Å². The molecule has 10 aromatic carbocycles. The molecule has 0 aliphatic heterocycles. The van der Waals surface area contributed by atoms with Crippen molar-refractivity contribution in [3.8, 4) is 112 Å². The number of aromatic nitrogens is 5. The van der Waals surface area contributed by atoms with Gasteiger partial charge in [0.2, 0.25) is 28.5 Å². The van der Waals surface area contributed by atoms with Crippen LogP contribution < -0.4 is 22.8 Å². The Morgan fingerprint density at radius 3 is 0.789 bits per heavy atom. The van der Waals surface area contributed by atoms with Gasteiger partial charge in [0.15, 0.2) is 31.0 Å². The van der Waals surface area contributed by atoms with E-state index in [1.165, 1.54) is 161 Å². The van der Waals surface area contributed by atoms with E-state index in [0.717, 1.165) is 41.5 Å². The van der Waals surface area contributed by atoms with Crippen LogP contribution in [0, 0.1) is 89.8 Å². The van der Waals surface area contributed by atoms with Crippen LogP contribution in [0.4, 0.5) is 0 Å². The Balaban J connectivity index is 0.000000166. The third-order valence-corrected chi connectivity index (χ3v) is 23.9. The number of nitrogens with zero attached hydrogens (tertiary/aromatic N) is 5. The molecule has 0 aliphatic rings. The summed E-state index contributed by atoms with van der Waals surface area (Å²) in [5, 5.41) is 0. The molecule has 0 amide bonds. The van der Waals surface area contributed by atoms with Gasteiger partial charge in [-0.2, -0.15) is 0 Å². The van der Waals surface area contributed by atoms with Crippen molar-refractivity contribution in [3.05, 3.63) is 385 Å². The summed E-state index contributed by atoms with van der Waals surface area (Å²) in [4.78, 5) is 0. The Morgan fingerprint density at radius 2 is 0.480 bits per heavy atom. The zero-order chi connectivity index (χ0) is 101. The molecule has 0 N–H and O–H groups in total. The van der Waals surface area contributed by atoms with E-state index in [9.17, 15) is 0 Å². The summed E-state index contributed by atoms with van der Waals surface area (Å²) in [5.74, 6) is 0.541. The highest BCUT2D eigenvalue weighted by Crippen LogP contribution is 2.39. The zero-order valence-electron chi connectivity index (χ0n) is 91.9. The van der Waals surface area contributed by atoms with Crippen molar-refractivity contribution < 1.29 is 43.4 Å². The van der Waals surface area contributed by atoms with Crippen molar-refractivity contribution in [1.29, 1.82) is 0 Å². The molecular formula is C118H136N5+5. The second kappa shape index (κ2) is 41.7. The Hall–Kier alpha value is -12.1. The normalized spacial score (nSPS) is 13.4. The molecule has 123 heavy (non-hydrogen) atoms. The lowest BCUT2D eigenvalue weighted by Gasteiger charge is -2.14. The van der Waals surface area contributed by atoms with E-state index in [4.69, 9.17) is 20.6 Å². The quantitative estimate of drug-likeness (QED) is 0.0810. The second-order valence-corrected chi connectivity index (χ2v) is 33.1. The first-order valence-electron chi connectivity index (χ1n) is 50.7. The largest absolute Gasteiger partial charge is 0.212 e. The average molecular weight is 1640 g/mol. The lowest BCUT2D eigenvalue weighted by atomic mass is 9.92. The second-order valence-electron chi connectivity index (χ2n) is 33.1. The Bertz CT molecular complexity index is 6700. The minimum absolute atomic E-state index is 0.0451. The van der Waals surface area contributed by atoms with Crippen molar-refractivity contribution >= 4 is 0 Å². The van der Waals surface area contributed by atoms with Gasteiger partial charge < -0.3 is 0 Å². The first kappa shape index (κ1) is 72.6. The SMILES string of the molecule is CCc1cc(-c2cc(-c3ccccc3)c(C)cc2C)[n+](C)cc1C.CCc1cc(-c2cc(-c3ccccc3)c(C)cc2C)[n+](C)cc1CC.Cc1cc(C)c(-c2cc(C)c(C(C)C)c[n+]2C)cc1-c1ccccc1.[2H]C([2H])([2H])c1cc(C)c(-c2cc(C([2H])([2H])C)c(C([2H])([2H])C)c[n+]2C)cc1-c1ccccc1.[2H]C([2H])([2H])c1cc(C)c(-c2cc(C([2H])([2H])C)c(C([2H])([2H])[2H])c[n+]2C)cc1-c1ccccc1. The number of benzene rings is 10. The first-order chi connectivity index (χ1) is 64.6. The maximum absolute atomic E-state index is 8.29. The molecule has 0 spiro atoms. The molecule has 15 aromatic rings. The van der Waals surface area contributed by atoms with E-state index in [1.54, 1.807) is 66.7 Å². The minimum atomic E-state index is -2.47. The fraction of sp³-hybridized carbons (Fsp3) is 0.280. The van der Waals surface area contributed by atoms with Crippen LogP contribution in [-0.4, -0.2) is 0 Å². The third kappa shape index (κ3) is 21.5. The Labute approximate surface area is 761 Å². The van der Waals surface area contributed by atoms with Gasteiger partial charge in [-0.25, -0.2) is 22.8 Å². The van der Waals surface area contributed by atoms with Gasteiger partial charge in [-0.05, 0) is 304 Å². The standard InChI is InChI=1S/3C24H28N.2C23H26N/c1-16(2)23-15-25(6)24(13-19(23)5)22-14-21(17(3)12-18(22)4)20-10-8-7-9-11-20;2*1-6-19-14-24(25(5)16-20(19)7-2)23-15-22(17(3)13-18(23)4)21-11-9-8-10-12-21;2*1-6-19-13-23(24(5)15-18(19)4)22-14-21(16(2)12-17(22)3)20-10-8-7-9-11-20/h7-16H,1-6H3;2*8-16H,6-7H2,1-5H3;2*7-15H,6H2,1-5H3/q5*+1/i;3D3,6D2,7D2;;2D3,4D3,6D2;. The van der Waals surface area contributed by atoms with Crippen LogP contribution in [0.25, 0.3) is 112 Å². The van der Waals surface area contributed by atoms with Crippen LogP contribution in [0.3, 0.4) is 0 Å². The lowest BCUT2D eigenvalue weighted by molar-refractivity contribution is -0.661. The van der Waals surface area contributed by atoms with E-state index in [2.05, 4.69) is 289 Å². The van der Waals surface area contributed by atoms with Gasteiger partial charge in [0.05, 0.1) is 0 Å². The summed E-state index contributed by atoms with van der Waals surface area (Å²) in [7, 11) is 9.96. The van der Waals surface area contributed by atoms with Crippen LogP contribution in [0.1, 0.15) is 193 Å². The van der Waals surface area contributed by atoms with Gasteiger partial charge in [-0.1, -0.05) is 237 Å². The Morgan fingerprint density at radius 1 is 0.228 bits per heavy atom. The molecule has 5 aromatic heterocycles. The van der Waals surface area contributed by atoms with E-state index in [1.807, 2.05) is 73.7 Å². The average Bonchev–Trinajstić information content (AvgIpc) is 0.752. The summed E-state index contributed by atoms with van der Waals surface area (Å²) in [5.41, 5.74) is 40.1. The van der Waals surface area contributed by atoms with E-state index < -0.39 is 39.7 Å².